The number of carbonyl (C=O) groups is 1. The van der Waals surface area contributed by atoms with Crippen molar-refractivity contribution in [3.8, 4) is 0 Å². The molecule has 2 aliphatic carbocycles. The minimum Gasteiger partial charge on any atom is -0.293 e. The van der Waals surface area contributed by atoms with Crippen molar-refractivity contribution >= 4 is 17.1 Å². The zero-order valence-corrected chi connectivity index (χ0v) is 13.0. The van der Waals surface area contributed by atoms with Crippen LogP contribution in [-0.2, 0) is 25.7 Å². The molecule has 1 unspecified atom stereocenters. The fourth-order valence-electron chi connectivity index (χ4n) is 3.73. The fraction of sp³-hybridized carbons (Fsp3) is 0.421. The Morgan fingerprint density at radius 2 is 1.81 bits per heavy atom. The van der Waals surface area contributed by atoms with Crippen molar-refractivity contribution < 1.29 is 4.79 Å². The van der Waals surface area contributed by atoms with Crippen molar-refractivity contribution in [1.29, 1.82) is 0 Å². The maximum Gasteiger partial charge on any atom is 0.176 e. The smallest absolute Gasteiger partial charge is 0.176 e. The topological polar surface area (TPSA) is 17.1 Å². The summed E-state index contributed by atoms with van der Waals surface area (Å²) in [7, 11) is 0. The van der Waals surface area contributed by atoms with Crippen LogP contribution in [0.5, 0.6) is 0 Å². The van der Waals surface area contributed by atoms with Crippen molar-refractivity contribution in [1.82, 2.24) is 0 Å². The van der Waals surface area contributed by atoms with Crippen LogP contribution >= 0.6 is 11.3 Å². The number of rotatable bonds is 2. The van der Waals surface area contributed by atoms with Crippen molar-refractivity contribution in [2.45, 2.75) is 44.9 Å². The van der Waals surface area contributed by atoms with E-state index in [1.165, 1.54) is 47.3 Å². The molecule has 2 aliphatic rings. The normalized spacial score (nSPS) is 20.7. The van der Waals surface area contributed by atoms with E-state index in [9.17, 15) is 4.79 Å². The predicted octanol–water partition coefficient (Wildman–Crippen LogP) is 4.61. The molecule has 0 bridgehead atoms. The highest BCUT2D eigenvalue weighted by Crippen LogP contribution is 2.34. The number of fused-ring (bicyclic) bond motifs is 2. The Bertz CT molecular complexity index is 659. The van der Waals surface area contributed by atoms with Crippen molar-refractivity contribution in [3.63, 3.8) is 0 Å². The first-order valence-corrected chi connectivity index (χ1v) is 8.85. The summed E-state index contributed by atoms with van der Waals surface area (Å²) in [5, 5.41) is 0. The predicted molar refractivity (Wildman–Crippen MR) is 87.2 cm³/mol. The van der Waals surface area contributed by atoms with Crippen LogP contribution in [0.25, 0.3) is 0 Å². The highest BCUT2D eigenvalue weighted by atomic mass is 32.1. The second-order valence-corrected chi connectivity index (χ2v) is 7.48. The Balaban J connectivity index is 1.57. The lowest BCUT2D eigenvalue weighted by molar-refractivity contribution is 0.0913. The third-order valence-electron chi connectivity index (χ3n) is 4.96. The van der Waals surface area contributed by atoms with Gasteiger partial charge >= 0.3 is 0 Å². The summed E-state index contributed by atoms with van der Waals surface area (Å²) in [5.74, 6) is 0.587. The average molecular weight is 296 g/mol. The zero-order valence-electron chi connectivity index (χ0n) is 12.2. The Morgan fingerprint density at radius 1 is 1.00 bits per heavy atom. The quantitative estimate of drug-likeness (QED) is 0.739. The van der Waals surface area contributed by atoms with Crippen LogP contribution in [0, 0.1) is 5.92 Å². The van der Waals surface area contributed by atoms with Gasteiger partial charge in [0, 0.05) is 10.8 Å². The molecule has 1 aromatic carbocycles. The van der Waals surface area contributed by atoms with Crippen molar-refractivity contribution in [2.24, 2.45) is 5.92 Å². The van der Waals surface area contributed by atoms with Gasteiger partial charge in [0.05, 0.1) is 4.88 Å². The molecule has 0 amide bonds. The molecule has 0 spiro atoms. The fourth-order valence-corrected chi connectivity index (χ4v) is 5.01. The molecule has 2 aromatic rings. The lowest BCUT2D eigenvalue weighted by Crippen LogP contribution is -2.22. The summed E-state index contributed by atoms with van der Waals surface area (Å²) in [6.07, 6.45) is 7.92. The number of aryl methyl sites for hydroxylation is 3. The highest BCUT2D eigenvalue weighted by molar-refractivity contribution is 7.14. The summed E-state index contributed by atoms with van der Waals surface area (Å²) in [6.45, 7) is 0. The van der Waals surface area contributed by atoms with Gasteiger partial charge in [-0.05, 0) is 67.7 Å². The Labute approximate surface area is 130 Å². The number of ketones is 1. The number of hydrogen-bond acceptors (Lipinski definition) is 2. The van der Waals surface area contributed by atoms with Crippen LogP contribution in [0.1, 0.15) is 50.5 Å². The summed E-state index contributed by atoms with van der Waals surface area (Å²) < 4.78 is 0. The third-order valence-corrected chi connectivity index (χ3v) is 6.21. The van der Waals surface area contributed by atoms with Crippen LogP contribution in [-0.4, -0.2) is 5.78 Å². The van der Waals surface area contributed by atoms with E-state index >= 15 is 0 Å². The van der Waals surface area contributed by atoms with Crippen LogP contribution in [0.15, 0.2) is 30.3 Å². The maximum absolute atomic E-state index is 12.8. The van der Waals surface area contributed by atoms with Gasteiger partial charge in [-0.25, -0.2) is 0 Å². The Kier molecular flexibility index (Phi) is 3.42. The third kappa shape index (κ3) is 2.46. The molecular weight excluding hydrogens is 276 g/mol. The second-order valence-electron chi connectivity index (χ2n) is 6.34. The van der Waals surface area contributed by atoms with E-state index < -0.39 is 0 Å². The minimum absolute atomic E-state index is 0.194. The molecule has 0 radical (unpaired) electrons. The first kappa shape index (κ1) is 13.3. The maximum atomic E-state index is 12.8. The minimum atomic E-state index is 0.194. The molecule has 2 heteroatoms. The van der Waals surface area contributed by atoms with E-state index in [-0.39, 0.29) is 5.92 Å². The molecule has 1 heterocycles. The Morgan fingerprint density at radius 3 is 2.67 bits per heavy atom. The molecule has 1 nitrogen and oxygen atoms in total. The second kappa shape index (κ2) is 5.42. The van der Waals surface area contributed by atoms with Gasteiger partial charge in [0.2, 0.25) is 0 Å². The summed E-state index contributed by atoms with van der Waals surface area (Å²) in [4.78, 5) is 15.3. The average Bonchev–Trinajstić information content (AvgIpc) is 2.97. The standard InChI is InChI=1S/C19H20OS/c20-19(18-12-15-7-3-4-8-17(15)21-18)16-10-9-13-5-1-2-6-14(13)11-16/h1-2,5-6,12,16H,3-4,7-11H2. The van der Waals surface area contributed by atoms with Crippen LogP contribution < -0.4 is 0 Å². The lowest BCUT2D eigenvalue weighted by atomic mass is 9.81. The lowest BCUT2D eigenvalue weighted by Gasteiger charge is -2.23. The number of Topliss-reactive ketones (excluding diaryl/α,β-unsaturated/α-hetero) is 1. The molecule has 1 aromatic heterocycles. The SMILES string of the molecule is O=C(c1cc2c(s1)CCCC2)C1CCc2ccccc2C1. The van der Waals surface area contributed by atoms with Crippen molar-refractivity contribution in [3.05, 3.63) is 56.8 Å². The molecule has 21 heavy (non-hydrogen) atoms. The molecule has 0 saturated carbocycles. The van der Waals surface area contributed by atoms with Gasteiger partial charge in [-0.15, -0.1) is 11.3 Å². The number of hydrogen-bond donors (Lipinski definition) is 0. The van der Waals surface area contributed by atoms with E-state index in [2.05, 4.69) is 30.3 Å². The Hall–Kier alpha value is -1.41. The zero-order chi connectivity index (χ0) is 14.2. The summed E-state index contributed by atoms with van der Waals surface area (Å²) in [6, 6.07) is 10.8. The number of thiophene rings is 1. The van der Waals surface area contributed by atoms with Gasteiger partial charge in [-0.3, -0.25) is 4.79 Å². The van der Waals surface area contributed by atoms with Crippen molar-refractivity contribution in [2.75, 3.05) is 0 Å². The molecule has 4 rings (SSSR count). The van der Waals surface area contributed by atoms with E-state index in [1.807, 2.05) is 0 Å². The first-order chi connectivity index (χ1) is 10.3. The van der Waals surface area contributed by atoms with Crippen LogP contribution in [0.3, 0.4) is 0 Å². The first-order valence-electron chi connectivity index (χ1n) is 8.04. The van der Waals surface area contributed by atoms with Gasteiger partial charge < -0.3 is 0 Å². The van der Waals surface area contributed by atoms with E-state index in [4.69, 9.17) is 0 Å². The largest absolute Gasteiger partial charge is 0.293 e. The molecule has 0 fully saturated rings. The van der Waals surface area contributed by atoms with E-state index in [0.29, 0.717) is 5.78 Å². The van der Waals surface area contributed by atoms with Gasteiger partial charge in [0.15, 0.2) is 5.78 Å². The summed E-state index contributed by atoms with van der Waals surface area (Å²) >= 11 is 1.77. The molecule has 0 aliphatic heterocycles. The monoisotopic (exact) mass is 296 g/mol. The van der Waals surface area contributed by atoms with E-state index in [0.717, 1.165) is 24.1 Å². The van der Waals surface area contributed by atoms with Gasteiger partial charge in [-0.1, -0.05) is 24.3 Å². The molecule has 0 saturated heterocycles. The van der Waals surface area contributed by atoms with Crippen LogP contribution in [0.4, 0.5) is 0 Å². The number of benzene rings is 1. The molecular formula is C19H20OS. The van der Waals surface area contributed by atoms with Gasteiger partial charge in [0.25, 0.3) is 0 Å². The summed E-state index contributed by atoms with van der Waals surface area (Å²) in [5.41, 5.74) is 4.27. The molecule has 108 valence electrons. The molecule has 0 N–H and O–H groups in total. The highest BCUT2D eigenvalue weighted by Gasteiger charge is 2.27. The molecule has 1 atom stereocenters. The number of carbonyl (C=O) groups excluding carboxylic acids is 1. The van der Waals surface area contributed by atoms with Gasteiger partial charge in [0.1, 0.15) is 0 Å². The van der Waals surface area contributed by atoms with E-state index in [1.54, 1.807) is 11.3 Å². The van der Waals surface area contributed by atoms with Gasteiger partial charge in [-0.2, -0.15) is 0 Å². The van der Waals surface area contributed by atoms with Crippen LogP contribution in [0.2, 0.25) is 0 Å².